The van der Waals surface area contributed by atoms with Crippen LogP contribution in [0.3, 0.4) is 0 Å². The smallest absolute Gasteiger partial charge is 0.422 e. The lowest BCUT2D eigenvalue weighted by Gasteiger charge is -2.40. The van der Waals surface area contributed by atoms with Gasteiger partial charge in [0, 0.05) is 18.8 Å². The molecule has 1 aromatic heterocycles. The summed E-state index contributed by atoms with van der Waals surface area (Å²) >= 11 is 0. The molecule has 1 N–H and O–H groups in total. The van der Waals surface area contributed by atoms with Crippen LogP contribution in [0.5, 0.6) is 5.88 Å². The lowest BCUT2D eigenvalue weighted by Crippen LogP contribution is -2.48. The molecule has 1 aromatic carbocycles. The van der Waals surface area contributed by atoms with Crippen LogP contribution in [0.15, 0.2) is 48.7 Å². The number of benzene rings is 1. The highest BCUT2D eigenvalue weighted by Crippen LogP contribution is 2.43. The highest BCUT2D eigenvalue weighted by molar-refractivity contribution is 5.89. The average molecular weight is 364 g/mol. The van der Waals surface area contributed by atoms with Crippen molar-refractivity contribution in [2.45, 2.75) is 37.4 Å². The summed E-state index contributed by atoms with van der Waals surface area (Å²) in [4.78, 5) is 16.5. The number of hydrogen-bond donors (Lipinski definition) is 1. The van der Waals surface area contributed by atoms with Crippen molar-refractivity contribution in [3.05, 3.63) is 59.8 Å². The van der Waals surface area contributed by atoms with Crippen molar-refractivity contribution in [2.75, 3.05) is 6.61 Å². The number of rotatable bonds is 6. The minimum absolute atomic E-state index is 0.0653. The predicted molar refractivity (Wildman–Crippen MR) is 89.6 cm³/mol. The molecule has 0 saturated heterocycles. The topological polar surface area (TPSA) is 51.2 Å². The fourth-order valence-electron chi connectivity index (χ4n) is 3.08. The van der Waals surface area contributed by atoms with Crippen LogP contribution in [0.4, 0.5) is 13.2 Å². The summed E-state index contributed by atoms with van der Waals surface area (Å²) in [5, 5.41) is 2.90. The zero-order valence-corrected chi connectivity index (χ0v) is 14.1. The van der Waals surface area contributed by atoms with Crippen molar-refractivity contribution in [1.82, 2.24) is 10.3 Å². The Hall–Kier alpha value is -2.57. The number of nitrogens with zero attached hydrogens (tertiary/aromatic N) is 1. The van der Waals surface area contributed by atoms with E-state index in [1.54, 1.807) is 6.07 Å². The Kier molecular flexibility index (Phi) is 5.15. The van der Waals surface area contributed by atoms with Gasteiger partial charge in [0.1, 0.15) is 0 Å². The molecule has 138 valence electrons. The minimum Gasteiger partial charge on any atom is -0.468 e. The standard InChI is InChI=1S/C19H19F3N2O2/c20-19(21,22)13-26-16-11-14(7-10-23-16)12-24-17(25)18(8-4-9-18)15-5-2-1-3-6-15/h1-3,5-7,10-11H,4,8-9,12-13H2,(H,24,25). The average Bonchev–Trinajstić information content (AvgIpc) is 2.58. The predicted octanol–water partition coefficient (Wildman–Crippen LogP) is 3.76. The Morgan fingerprint density at radius 1 is 1.19 bits per heavy atom. The maximum absolute atomic E-state index is 12.8. The van der Waals surface area contributed by atoms with Crippen molar-refractivity contribution in [1.29, 1.82) is 0 Å². The molecule has 2 aromatic rings. The monoisotopic (exact) mass is 364 g/mol. The van der Waals surface area contributed by atoms with Crippen LogP contribution in [-0.4, -0.2) is 23.7 Å². The van der Waals surface area contributed by atoms with Crippen LogP contribution in [0.1, 0.15) is 30.4 Å². The van der Waals surface area contributed by atoms with E-state index < -0.39 is 18.2 Å². The zero-order valence-electron chi connectivity index (χ0n) is 14.1. The molecule has 0 atom stereocenters. The van der Waals surface area contributed by atoms with E-state index in [9.17, 15) is 18.0 Å². The normalized spacial score (nSPS) is 15.8. The third-order valence-electron chi connectivity index (χ3n) is 4.60. The van der Waals surface area contributed by atoms with Gasteiger partial charge < -0.3 is 10.1 Å². The largest absolute Gasteiger partial charge is 0.468 e. The highest BCUT2D eigenvalue weighted by atomic mass is 19.4. The Balaban J connectivity index is 1.63. The molecular weight excluding hydrogens is 345 g/mol. The second-order valence-electron chi connectivity index (χ2n) is 6.39. The molecule has 1 aliphatic rings. The summed E-state index contributed by atoms with van der Waals surface area (Å²) in [5.74, 6) is -0.181. The first kappa shape index (κ1) is 18.2. The molecule has 0 aliphatic heterocycles. The van der Waals surface area contributed by atoms with Crippen molar-refractivity contribution >= 4 is 5.91 Å². The highest BCUT2D eigenvalue weighted by Gasteiger charge is 2.45. The van der Waals surface area contributed by atoms with Gasteiger partial charge in [-0.25, -0.2) is 4.98 Å². The van der Waals surface area contributed by atoms with Crippen LogP contribution >= 0.6 is 0 Å². The van der Waals surface area contributed by atoms with E-state index in [0.717, 1.165) is 24.8 Å². The Morgan fingerprint density at radius 2 is 1.92 bits per heavy atom. The number of nitrogens with one attached hydrogen (secondary N) is 1. The molecule has 1 saturated carbocycles. The number of amides is 1. The quantitative estimate of drug-likeness (QED) is 0.849. The van der Waals surface area contributed by atoms with Crippen LogP contribution in [0, 0.1) is 0 Å². The Labute approximate surface area is 149 Å². The first-order chi connectivity index (χ1) is 12.4. The molecule has 0 unspecified atom stereocenters. The first-order valence-corrected chi connectivity index (χ1v) is 8.37. The SMILES string of the molecule is O=C(NCc1ccnc(OCC(F)(F)F)c1)C1(c2ccccc2)CCC1. The molecule has 26 heavy (non-hydrogen) atoms. The van der Waals surface area contributed by atoms with Crippen LogP contribution in [-0.2, 0) is 16.8 Å². The number of ether oxygens (including phenoxy) is 1. The second-order valence-corrected chi connectivity index (χ2v) is 6.39. The maximum atomic E-state index is 12.8. The molecule has 1 amide bonds. The number of pyridine rings is 1. The van der Waals surface area contributed by atoms with Gasteiger partial charge in [0.2, 0.25) is 11.8 Å². The third kappa shape index (κ3) is 4.15. The first-order valence-electron chi connectivity index (χ1n) is 8.37. The number of carbonyl (C=O) groups is 1. The zero-order chi connectivity index (χ0) is 18.6. The number of hydrogen-bond acceptors (Lipinski definition) is 3. The fraction of sp³-hybridized carbons (Fsp3) is 0.368. The fourth-order valence-corrected chi connectivity index (χ4v) is 3.08. The van der Waals surface area contributed by atoms with E-state index in [1.165, 1.54) is 12.3 Å². The van der Waals surface area contributed by atoms with E-state index in [0.29, 0.717) is 5.56 Å². The minimum atomic E-state index is -4.42. The maximum Gasteiger partial charge on any atom is 0.422 e. The van der Waals surface area contributed by atoms with Gasteiger partial charge in [-0.2, -0.15) is 13.2 Å². The molecule has 4 nitrogen and oxygen atoms in total. The van der Waals surface area contributed by atoms with E-state index in [-0.39, 0.29) is 18.3 Å². The van der Waals surface area contributed by atoms with E-state index in [4.69, 9.17) is 0 Å². The van der Waals surface area contributed by atoms with Crippen LogP contribution < -0.4 is 10.1 Å². The van der Waals surface area contributed by atoms with Crippen molar-refractivity contribution in [2.24, 2.45) is 0 Å². The van der Waals surface area contributed by atoms with Gasteiger partial charge in [0.05, 0.1) is 5.41 Å². The molecule has 3 rings (SSSR count). The summed E-state index contributed by atoms with van der Waals surface area (Å²) in [6.07, 6.45) is -0.479. The number of alkyl halides is 3. The van der Waals surface area contributed by atoms with Crippen LogP contribution in [0.2, 0.25) is 0 Å². The van der Waals surface area contributed by atoms with E-state index in [2.05, 4.69) is 15.0 Å². The summed E-state index contributed by atoms with van der Waals surface area (Å²) in [5.41, 5.74) is 1.12. The summed E-state index contributed by atoms with van der Waals surface area (Å²) in [6.45, 7) is -1.19. The third-order valence-corrected chi connectivity index (χ3v) is 4.60. The van der Waals surface area contributed by atoms with Gasteiger partial charge in [-0.1, -0.05) is 36.8 Å². The number of carbonyl (C=O) groups excluding carboxylic acids is 1. The number of aromatic nitrogens is 1. The summed E-state index contributed by atoms with van der Waals surface area (Å²) in [7, 11) is 0. The number of halogens is 3. The van der Waals surface area contributed by atoms with Gasteiger partial charge in [0.15, 0.2) is 6.61 Å². The summed E-state index contributed by atoms with van der Waals surface area (Å²) < 4.78 is 41.3. The van der Waals surface area contributed by atoms with E-state index in [1.807, 2.05) is 30.3 Å². The van der Waals surface area contributed by atoms with Crippen molar-refractivity contribution < 1.29 is 22.7 Å². The van der Waals surface area contributed by atoms with E-state index >= 15 is 0 Å². The molecule has 0 spiro atoms. The molecule has 1 heterocycles. The Morgan fingerprint density at radius 3 is 2.54 bits per heavy atom. The lowest BCUT2D eigenvalue weighted by molar-refractivity contribution is -0.154. The van der Waals surface area contributed by atoms with Crippen molar-refractivity contribution in [3.63, 3.8) is 0 Å². The van der Waals surface area contributed by atoms with Crippen LogP contribution in [0.25, 0.3) is 0 Å². The molecular formula is C19H19F3N2O2. The molecule has 1 aliphatic carbocycles. The van der Waals surface area contributed by atoms with Gasteiger partial charge in [0.25, 0.3) is 0 Å². The van der Waals surface area contributed by atoms with Gasteiger partial charge in [-0.3, -0.25) is 4.79 Å². The van der Waals surface area contributed by atoms with Crippen molar-refractivity contribution in [3.8, 4) is 5.88 Å². The molecule has 1 fully saturated rings. The van der Waals surface area contributed by atoms with Gasteiger partial charge in [-0.05, 0) is 30.0 Å². The van der Waals surface area contributed by atoms with Gasteiger partial charge in [-0.15, -0.1) is 0 Å². The molecule has 0 bridgehead atoms. The Bertz CT molecular complexity index is 759. The molecule has 0 radical (unpaired) electrons. The summed E-state index contributed by atoms with van der Waals surface area (Å²) in [6, 6.07) is 12.7. The molecule has 7 heteroatoms. The van der Waals surface area contributed by atoms with Gasteiger partial charge >= 0.3 is 6.18 Å². The lowest BCUT2D eigenvalue weighted by atomic mass is 9.64. The second kappa shape index (κ2) is 7.35.